The van der Waals surface area contributed by atoms with Crippen molar-refractivity contribution in [1.29, 1.82) is 0 Å². The Hall–Kier alpha value is -1.40. The van der Waals surface area contributed by atoms with Gasteiger partial charge in [0.15, 0.2) is 0 Å². The summed E-state index contributed by atoms with van der Waals surface area (Å²) >= 11 is 0. The standard InChI is InChI=1S/C10H16N4O2/c1-3-8-7(15)4-9(16-8)14-5-12-10(11)13-6(14)2/h5,7-9,15H,2-4H2,1H3,(H2,11,13)/t7-,8-,9-/m1/s1. The monoisotopic (exact) mass is 224 g/mol. The Labute approximate surface area is 94.1 Å². The molecule has 0 aromatic carbocycles. The van der Waals surface area contributed by atoms with Crippen LogP contribution in [0.4, 0.5) is 0 Å². The van der Waals surface area contributed by atoms with E-state index in [0.29, 0.717) is 12.2 Å². The first-order valence-corrected chi connectivity index (χ1v) is 5.31. The van der Waals surface area contributed by atoms with Gasteiger partial charge in [0.25, 0.3) is 0 Å². The molecule has 0 aromatic rings. The highest BCUT2D eigenvalue weighted by atomic mass is 16.5. The first kappa shape index (κ1) is 11.1. The molecule has 2 aliphatic heterocycles. The first-order valence-electron chi connectivity index (χ1n) is 5.31. The normalized spacial score (nSPS) is 34.4. The zero-order valence-electron chi connectivity index (χ0n) is 9.21. The Morgan fingerprint density at radius 1 is 1.75 bits per heavy atom. The highest BCUT2D eigenvalue weighted by Gasteiger charge is 2.36. The second-order valence-electron chi connectivity index (χ2n) is 3.88. The highest BCUT2D eigenvalue weighted by molar-refractivity contribution is 5.89. The maximum atomic E-state index is 9.74. The molecule has 0 aliphatic carbocycles. The Balaban J connectivity index is 2.06. The summed E-state index contributed by atoms with van der Waals surface area (Å²) in [6.07, 6.45) is 2.02. The molecule has 0 saturated carbocycles. The summed E-state index contributed by atoms with van der Waals surface area (Å²) in [5.41, 5.74) is 5.44. The summed E-state index contributed by atoms with van der Waals surface area (Å²) in [7, 11) is 0. The number of rotatable bonds is 2. The summed E-state index contributed by atoms with van der Waals surface area (Å²) in [5.74, 6) is 0.674. The van der Waals surface area contributed by atoms with Gasteiger partial charge in [-0.1, -0.05) is 13.5 Å². The highest BCUT2D eigenvalue weighted by Crippen LogP contribution is 2.27. The number of hydrogen-bond donors (Lipinski definition) is 2. The lowest BCUT2D eigenvalue weighted by atomic mass is 10.1. The van der Waals surface area contributed by atoms with Crippen molar-refractivity contribution in [3.05, 3.63) is 12.4 Å². The summed E-state index contributed by atoms with van der Waals surface area (Å²) in [6, 6.07) is 0. The van der Waals surface area contributed by atoms with E-state index in [4.69, 9.17) is 10.5 Å². The molecule has 0 aromatic heterocycles. The van der Waals surface area contributed by atoms with Gasteiger partial charge in [0, 0.05) is 6.42 Å². The number of aliphatic hydroxyl groups excluding tert-OH is 1. The quantitative estimate of drug-likeness (QED) is 0.691. The van der Waals surface area contributed by atoms with Gasteiger partial charge in [-0.05, 0) is 6.42 Å². The number of nitrogens with two attached hydrogens (primary N) is 1. The predicted molar refractivity (Wildman–Crippen MR) is 60.7 cm³/mol. The molecule has 1 saturated heterocycles. The van der Waals surface area contributed by atoms with E-state index in [-0.39, 0.29) is 18.3 Å². The molecule has 88 valence electrons. The summed E-state index contributed by atoms with van der Waals surface area (Å²) in [5, 5.41) is 9.74. The van der Waals surface area contributed by atoms with Crippen LogP contribution in [0.5, 0.6) is 0 Å². The van der Waals surface area contributed by atoms with E-state index in [2.05, 4.69) is 16.6 Å². The molecule has 0 amide bonds. The lowest BCUT2D eigenvalue weighted by Crippen LogP contribution is -2.36. The Kier molecular flexibility index (Phi) is 2.93. The van der Waals surface area contributed by atoms with Gasteiger partial charge in [-0.15, -0.1) is 0 Å². The molecular formula is C10H16N4O2. The minimum Gasteiger partial charge on any atom is -0.390 e. The van der Waals surface area contributed by atoms with E-state index in [1.807, 2.05) is 6.92 Å². The first-order chi connectivity index (χ1) is 7.61. The topological polar surface area (TPSA) is 83.4 Å². The Bertz CT molecular complexity index is 353. The number of guanidine groups is 1. The van der Waals surface area contributed by atoms with Crippen LogP contribution < -0.4 is 5.73 Å². The van der Waals surface area contributed by atoms with Crippen molar-refractivity contribution < 1.29 is 9.84 Å². The van der Waals surface area contributed by atoms with Crippen molar-refractivity contribution in [2.24, 2.45) is 15.7 Å². The van der Waals surface area contributed by atoms with Gasteiger partial charge in [-0.2, -0.15) is 4.99 Å². The van der Waals surface area contributed by atoms with E-state index >= 15 is 0 Å². The molecule has 6 heteroatoms. The molecule has 3 atom stereocenters. The van der Waals surface area contributed by atoms with Crippen molar-refractivity contribution in [3.63, 3.8) is 0 Å². The van der Waals surface area contributed by atoms with Crippen molar-refractivity contribution in [2.45, 2.75) is 38.2 Å². The predicted octanol–water partition coefficient (Wildman–Crippen LogP) is 0.00210. The van der Waals surface area contributed by atoms with E-state index in [1.165, 1.54) is 0 Å². The van der Waals surface area contributed by atoms with Gasteiger partial charge >= 0.3 is 0 Å². The molecule has 2 heterocycles. The fourth-order valence-corrected chi connectivity index (χ4v) is 1.90. The van der Waals surface area contributed by atoms with Crippen LogP contribution in [-0.2, 0) is 4.74 Å². The third-order valence-corrected chi connectivity index (χ3v) is 2.77. The van der Waals surface area contributed by atoms with Gasteiger partial charge in [-0.3, -0.25) is 4.90 Å². The van der Waals surface area contributed by atoms with E-state index in [0.717, 1.165) is 6.42 Å². The van der Waals surface area contributed by atoms with Gasteiger partial charge in [0.1, 0.15) is 18.4 Å². The van der Waals surface area contributed by atoms with Crippen LogP contribution in [-0.4, -0.2) is 40.7 Å². The molecule has 0 bridgehead atoms. The fourth-order valence-electron chi connectivity index (χ4n) is 1.90. The number of aliphatic hydroxyl groups is 1. The summed E-state index contributed by atoms with van der Waals surface area (Å²) < 4.78 is 5.68. The number of hydrogen-bond acceptors (Lipinski definition) is 6. The maximum absolute atomic E-state index is 9.74. The zero-order chi connectivity index (χ0) is 11.7. The van der Waals surface area contributed by atoms with Gasteiger partial charge in [0.2, 0.25) is 5.96 Å². The molecule has 2 rings (SSSR count). The largest absolute Gasteiger partial charge is 0.390 e. The molecule has 0 unspecified atom stereocenters. The van der Waals surface area contributed by atoms with Gasteiger partial charge < -0.3 is 15.6 Å². The number of ether oxygens (including phenoxy) is 1. The van der Waals surface area contributed by atoms with Crippen LogP contribution in [0.2, 0.25) is 0 Å². The number of aliphatic imine (C=N–C) groups is 2. The van der Waals surface area contributed by atoms with E-state index in [1.54, 1.807) is 11.2 Å². The Morgan fingerprint density at radius 3 is 3.06 bits per heavy atom. The van der Waals surface area contributed by atoms with Crippen LogP contribution in [0.3, 0.4) is 0 Å². The minimum atomic E-state index is -0.445. The average molecular weight is 224 g/mol. The van der Waals surface area contributed by atoms with Crippen molar-refractivity contribution >= 4 is 12.3 Å². The van der Waals surface area contributed by atoms with Gasteiger partial charge in [-0.25, -0.2) is 4.99 Å². The van der Waals surface area contributed by atoms with E-state index < -0.39 is 6.10 Å². The molecule has 3 N–H and O–H groups in total. The zero-order valence-corrected chi connectivity index (χ0v) is 9.21. The van der Waals surface area contributed by atoms with Crippen LogP contribution in [0.1, 0.15) is 19.8 Å². The van der Waals surface area contributed by atoms with Crippen molar-refractivity contribution in [2.75, 3.05) is 0 Å². The molecule has 0 spiro atoms. The van der Waals surface area contributed by atoms with Crippen molar-refractivity contribution in [1.82, 2.24) is 4.90 Å². The molecule has 1 fully saturated rings. The second-order valence-corrected chi connectivity index (χ2v) is 3.88. The lowest BCUT2D eigenvalue weighted by Gasteiger charge is -2.27. The fraction of sp³-hybridized carbons (Fsp3) is 0.600. The SMILES string of the molecule is C=C1N=C(N)N=CN1[C@H]1C[C@@H](O)[C@@H](CC)O1. The molecule has 16 heavy (non-hydrogen) atoms. The number of nitrogens with zero attached hydrogens (tertiary/aromatic N) is 3. The summed E-state index contributed by atoms with van der Waals surface area (Å²) in [6.45, 7) is 5.75. The lowest BCUT2D eigenvalue weighted by molar-refractivity contribution is -0.0278. The van der Waals surface area contributed by atoms with Crippen LogP contribution >= 0.6 is 0 Å². The average Bonchev–Trinajstić information content (AvgIpc) is 2.59. The van der Waals surface area contributed by atoms with Crippen molar-refractivity contribution in [3.8, 4) is 0 Å². The molecule has 0 radical (unpaired) electrons. The molecular weight excluding hydrogens is 208 g/mol. The molecule has 6 nitrogen and oxygen atoms in total. The smallest absolute Gasteiger partial charge is 0.223 e. The Morgan fingerprint density at radius 2 is 2.50 bits per heavy atom. The van der Waals surface area contributed by atoms with Crippen LogP contribution in [0, 0.1) is 0 Å². The van der Waals surface area contributed by atoms with E-state index in [9.17, 15) is 5.11 Å². The maximum Gasteiger partial charge on any atom is 0.223 e. The van der Waals surface area contributed by atoms with Crippen LogP contribution in [0.15, 0.2) is 22.4 Å². The molecule has 2 aliphatic rings. The third-order valence-electron chi connectivity index (χ3n) is 2.77. The minimum absolute atomic E-state index is 0.130. The van der Waals surface area contributed by atoms with Gasteiger partial charge in [0.05, 0.1) is 12.2 Å². The third kappa shape index (κ3) is 1.94. The second kappa shape index (κ2) is 4.23. The summed E-state index contributed by atoms with van der Waals surface area (Å²) in [4.78, 5) is 9.53. The van der Waals surface area contributed by atoms with Crippen LogP contribution in [0.25, 0.3) is 0 Å².